The predicted molar refractivity (Wildman–Crippen MR) is 103 cm³/mol. The summed E-state index contributed by atoms with van der Waals surface area (Å²) in [7, 11) is 0. The Labute approximate surface area is 165 Å². The molecule has 0 N–H and O–H groups in total. The van der Waals surface area contributed by atoms with Crippen LogP contribution in [0.3, 0.4) is 0 Å². The fourth-order valence-electron chi connectivity index (χ4n) is 3.39. The summed E-state index contributed by atoms with van der Waals surface area (Å²) in [6, 6.07) is 6.51. The third-order valence-corrected chi connectivity index (χ3v) is 5.60. The molecule has 0 radical (unpaired) electrons. The number of rotatable bonds is 4. The van der Waals surface area contributed by atoms with Crippen molar-refractivity contribution in [2.45, 2.75) is 25.7 Å². The number of amides is 1. The second-order valence-corrected chi connectivity index (χ2v) is 7.59. The topological polar surface area (TPSA) is 102 Å². The maximum Gasteiger partial charge on any atom is 0.273 e. The van der Waals surface area contributed by atoms with Gasteiger partial charge in [-0.25, -0.2) is 0 Å². The van der Waals surface area contributed by atoms with Crippen LogP contribution in [0.1, 0.15) is 40.6 Å². The van der Waals surface area contributed by atoms with Gasteiger partial charge >= 0.3 is 0 Å². The van der Waals surface area contributed by atoms with Crippen LogP contribution in [0.5, 0.6) is 0 Å². The zero-order chi connectivity index (χ0) is 19.7. The summed E-state index contributed by atoms with van der Waals surface area (Å²) in [5, 5.41) is 23.3. The molecule has 3 heterocycles. The normalized spacial score (nSPS) is 16.9. The standard InChI is InChI=1S/C19H18N4O4S/c1-12-4-5-13(9-16(12)23(25)26)19(24)22-7-2-3-14(10-22)17-20-21-18(27-17)15-6-8-28-11-15/h4-6,8-9,11,14H,2-3,7,10H2,1H3. The Morgan fingerprint density at radius 1 is 1.36 bits per heavy atom. The number of hydrogen-bond donors (Lipinski definition) is 0. The molecule has 1 atom stereocenters. The van der Waals surface area contributed by atoms with Gasteiger partial charge in [0.05, 0.1) is 10.8 Å². The molecule has 0 spiro atoms. The molecule has 4 rings (SSSR count). The Bertz CT molecular complexity index is 1010. The van der Waals surface area contributed by atoms with E-state index >= 15 is 0 Å². The summed E-state index contributed by atoms with van der Waals surface area (Å²) in [5.74, 6) is 0.742. The van der Waals surface area contributed by atoms with Crippen molar-refractivity contribution in [3.8, 4) is 11.5 Å². The van der Waals surface area contributed by atoms with Crippen LogP contribution in [0.4, 0.5) is 5.69 Å². The number of piperidine rings is 1. The van der Waals surface area contributed by atoms with Crippen LogP contribution in [0.25, 0.3) is 11.5 Å². The monoisotopic (exact) mass is 398 g/mol. The van der Waals surface area contributed by atoms with Crippen LogP contribution in [0.2, 0.25) is 0 Å². The molecule has 1 amide bonds. The van der Waals surface area contributed by atoms with Crippen molar-refractivity contribution in [2.24, 2.45) is 0 Å². The highest BCUT2D eigenvalue weighted by Crippen LogP contribution is 2.30. The second-order valence-electron chi connectivity index (χ2n) is 6.81. The Kier molecular flexibility index (Phi) is 4.91. The van der Waals surface area contributed by atoms with E-state index < -0.39 is 4.92 Å². The molecule has 1 aliphatic heterocycles. The van der Waals surface area contributed by atoms with Crippen molar-refractivity contribution < 1.29 is 14.1 Å². The number of carbonyl (C=O) groups excluding carboxylic acids is 1. The molecule has 0 aliphatic carbocycles. The predicted octanol–water partition coefficient (Wildman–Crippen LogP) is 4.03. The summed E-state index contributed by atoms with van der Waals surface area (Å²) < 4.78 is 5.82. The Hall–Kier alpha value is -3.07. The molecular weight excluding hydrogens is 380 g/mol. The van der Waals surface area contributed by atoms with Crippen molar-refractivity contribution >= 4 is 22.9 Å². The molecule has 1 saturated heterocycles. The number of thiophene rings is 1. The molecule has 1 unspecified atom stereocenters. The lowest BCUT2D eigenvalue weighted by Gasteiger charge is -2.31. The third kappa shape index (κ3) is 3.53. The van der Waals surface area contributed by atoms with Crippen molar-refractivity contribution in [2.75, 3.05) is 13.1 Å². The summed E-state index contributed by atoms with van der Waals surface area (Å²) >= 11 is 1.56. The third-order valence-electron chi connectivity index (χ3n) is 4.92. The molecule has 9 heteroatoms. The van der Waals surface area contributed by atoms with E-state index in [0.717, 1.165) is 18.4 Å². The Morgan fingerprint density at radius 2 is 2.21 bits per heavy atom. The van der Waals surface area contributed by atoms with Gasteiger partial charge in [-0.2, -0.15) is 11.3 Å². The number of likely N-dealkylation sites (tertiary alicyclic amines) is 1. The summed E-state index contributed by atoms with van der Waals surface area (Å²) in [5.41, 5.74) is 1.70. The van der Waals surface area contributed by atoms with Crippen molar-refractivity contribution in [1.82, 2.24) is 15.1 Å². The maximum absolute atomic E-state index is 12.9. The molecule has 144 valence electrons. The molecule has 3 aromatic rings. The molecule has 2 aromatic heterocycles. The molecule has 0 saturated carbocycles. The van der Waals surface area contributed by atoms with Gasteiger partial charge in [-0.3, -0.25) is 14.9 Å². The number of aromatic nitrogens is 2. The summed E-state index contributed by atoms with van der Waals surface area (Å²) in [6.45, 7) is 2.71. The number of nitrogens with zero attached hydrogens (tertiary/aromatic N) is 4. The van der Waals surface area contributed by atoms with Crippen molar-refractivity contribution in [1.29, 1.82) is 0 Å². The van der Waals surface area contributed by atoms with Crippen LogP contribution in [0.15, 0.2) is 39.4 Å². The Balaban J connectivity index is 1.52. The van der Waals surface area contributed by atoms with Gasteiger partial charge in [-0.1, -0.05) is 6.07 Å². The first-order valence-electron chi connectivity index (χ1n) is 8.93. The molecule has 1 aliphatic rings. The van der Waals surface area contributed by atoms with Gasteiger partial charge in [0.25, 0.3) is 11.6 Å². The molecular formula is C19H18N4O4S. The lowest BCUT2D eigenvalue weighted by atomic mass is 9.97. The van der Waals surface area contributed by atoms with Crippen LogP contribution >= 0.6 is 11.3 Å². The van der Waals surface area contributed by atoms with Gasteiger partial charge in [0.2, 0.25) is 11.8 Å². The van der Waals surface area contributed by atoms with Crippen LogP contribution < -0.4 is 0 Å². The fraction of sp³-hybridized carbons (Fsp3) is 0.316. The van der Waals surface area contributed by atoms with Crippen molar-refractivity contribution in [3.05, 3.63) is 62.2 Å². The summed E-state index contributed by atoms with van der Waals surface area (Å²) in [4.78, 5) is 25.3. The highest BCUT2D eigenvalue weighted by molar-refractivity contribution is 7.08. The van der Waals surface area contributed by atoms with E-state index in [0.29, 0.717) is 36.0 Å². The summed E-state index contributed by atoms with van der Waals surface area (Å²) in [6.07, 6.45) is 1.66. The van der Waals surface area contributed by atoms with Gasteiger partial charge in [0, 0.05) is 41.2 Å². The number of hydrogen-bond acceptors (Lipinski definition) is 7. The minimum absolute atomic E-state index is 0.0435. The number of aryl methyl sites for hydroxylation is 1. The van der Waals surface area contributed by atoms with Crippen molar-refractivity contribution in [3.63, 3.8) is 0 Å². The van der Waals surface area contributed by atoms with Crippen LogP contribution in [-0.4, -0.2) is 39.0 Å². The fourth-order valence-corrected chi connectivity index (χ4v) is 4.02. The highest BCUT2D eigenvalue weighted by Gasteiger charge is 2.30. The number of carbonyl (C=O) groups is 1. The second kappa shape index (κ2) is 7.51. The highest BCUT2D eigenvalue weighted by atomic mass is 32.1. The first kappa shape index (κ1) is 18.3. The average Bonchev–Trinajstić information content (AvgIpc) is 3.39. The lowest BCUT2D eigenvalue weighted by molar-refractivity contribution is -0.385. The van der Waals surface area contributed by atoms with Gasteiger partial charge in [0.1, 0.15) is 0 Å². The maximum atomic E-state index is 12.9. The van der Waals surface area contributed by atoms with Crippen LogP contribution in [-0.2, 0) is 0 Å². The van der Waals surface area contributed by atoms with Gasteiger partial charge in [0.15, 0.2) is 0 Å². The smallest absolute Gasteiger partial charge is 0.273 e. The number of nitro benzene ring substituents is 1. The zero-order valence-electron chi connectivity index (χ0n) is 15.2. The number of benzene rings is 1. The van der Waals surface area contributed by atoms with E-state index in [1.54, 1.807) is 35.3 Å². The van der Waals surface area contributed by atoms with Gasteiger partial charge in [-0.05, 0) is 37.3 Å². The SMILES string of the molecule is Cc1ccc(C(=O)N2CCCC(c3nnc(-c4ccsc4)o3)C2)cc1[N+](=O)[O-]. The quantitative estimate of drug-likeness (QED) is 0.485. The van der Waals surface area contributed by atoms with Crippen LogP contribution in [0, 0.1) is 17.0 Å². The van der Waals surface area contributed by atoms with Gasteiger partial charge in [-0.15, -0.1) is 10.2 Å². The first-order valence-corrected chi connectivity index (χ1v) is 9.87. The first-order chi connectivity index (χ1) is 13.5. The van der Waals surface area contributed by atoms with E-state index in [-0.39, 0.29) is 17.5 Å². The average molecular weight is 398 g/mol. The molecule has 1 fully saturated rings. The zero-order valence-corrected chi connectivity index (χ0v) is 16.0. The Morgan fingerprint density at radius 3 is 2.96 bits per heavy atom. The molecule has 8 nitrogen and oxygen atoms in total. The number of nitro groups is 1. The minimum atomic E-state index is -0.463. The van der Waals surface area contributed by atoms with E-state index in [1.807, 2.05) is 16.8 Å². The minimum Gasteiger partial charge on any atom is -0.420 e. The molecule has 28 heavy (non-hydrogen) atoms. The largest absolute Gasteiger partial charge is 0.420 e. The molecule has 1 aromatic carbocycles. The van der Waals surface area contributed by atoms with E-state index in [2.05, 4.69) is 10.2 Å². The van der Waals surface area contributed by atoms with E-state index in [1.165, 1.54) is 6.07 Å². The molecule has 0 bridgehead atoms. The van der Waals surface area contributed by atoms with E-state index in [4.69, 9.17) is 4.42 Å². The lowest BCUT2D eigenvalue weighted by Crippen LogP contribution is -2.39. The van der Waals surface area contributed by atoms with E-state index in [9.17, 15) is 14.9 Å². The van der Waals surface area contributed by atoms with Gasteiger partial charge < -0.3 is 9.32 Å².